The van der Waals surface area contributed by atoms with Gasteiger partial charge in [0.1, 0.15) is 5.70 Å². The van der Waals surface area contributed by atoms with Crippen molar-refractivity contribution in [3.05, 3.63) is 11.9 Å². The minimum atomic E-state index is 0.163. The molecule has 4 nitrogen and oxygen atoms in total. The first-order valence-electron chi connectivity index (χ1n) is 3.31. The van der Waals surface area contributed by atoms with Crippen molar-refractivity contribution in [2.45, 2.75) is 12.8 Å². The highest BCUT2D eigenvalue weighted by atomic mass is 16.8. The van der Waals surface area contributed by atoms with Crippen LogP contribution in [-0.4, -0.2) is 17.4 Å². The summed E-state index contributed by atoms with van der Waals surface area (Å²) >= 11 is 0. The number of allylic oxidation sites excluding steroid dienone is 1. The number of Topliss-reactive ketones (excluding diaryl/α,β-unsaturated/α-hetero) is 1. The second-order valence-electron chi connectivity index (χ2n) is 2.37. The number of carbonyl (C=O) groups excluding carboxylic acids is 1. The fourth-order valence-electron chi connectivity index (χ4n) is 1.16. The summed E-state index contributed by atoms with van der Waals surface area (Å²) in [7, 11) is 0. The summed E-state index contributed by atoms with van der Waals surface area (Å²) in [6, 6.07) is 0. The van der Waals surface area contributed by atoms with Crippen molar-refractivity contribution in [1.82, 2.24) is 10.5 Å². The third-order valence-electron chi connectivity index (χ3n) is 1.68. The highest BCUT2D eigenvalue weighted by Gasteiger charge is 2.26. The van der Waals surface area contributed by atoms with Gasteiger partial charge < -0.3 is 0 Å². The predicted octanol–water partition coefficient (Wildman–Crippen LogP) is -0.0575. The fraction of sp³-hybridized carbons (Fsp3) is 0.500. The third kappa shape index (κ3) is 0.690. The van der Waals surface area contributed by atoms with Crippen molar-refractivity contribution in [3.63, 3.8) is 0 Å². The monoisotopic (exact) mass is 140 g/mol. The van der Waals surface area contributed by atoms with Crippen LogP contribution in [0.2, 0.25) is 0 Å². The third-order valence-corrected chi connectivity index (χ3v) is 1.68. The van der Waals surface area contributed by atoms with Crippen molar-refractivity contribution < 1.29 is 9.73 Å². The topological polar surface area (TPSA) is 41.6 Å². The molecule has 10 heavy (non-hydrogen) atoms. The molecule has 0 bridgehead atoms. The Morgan fingerprint density at radius 1 is 1.70 bits per heavy atom. The lowest BCUT2D eigenvalue weighted by Crippen LogP contribution is -2.30. The van der Waals surface area contributed by atoms with Crippen LogP contribution in [0, 0.1) is 0 Å². The number of hydrogen-bond donors (Lipinski definition) is 1. The standard InChI is InChI=1S/C6H8N2O2/c9-6-2-1-3-8-5(6)4-7-10-8/h4,7H,1-3H2. The van der Waals surface area contributed by atoms with Crippen LogP contribution in [0.3, 0.4) is 0 Å². The Hall–Kier alpha value is -1.03. The Labute approximate surface area is 58.4 Å². The summed E-state index contributed by atoms with van der Waals surface area (Å²) in [5.41, 5.74) is 3.20. The number of hydrogen-bond acceptors (Lipinski definition) is 4. The Bertz CT molecular complexity index is 200. The van der Waals surface area contributed by atoms with Gasteiger partial charge in [0.2, 0.25) is 0 Å². The van der Waals surface area contributed by atoms with E-state index in [1.54, 1.807) is 11.3 Å². The molecule has 54 valence electrons. The molecule has 2 heterocycles. The van der Waals surface area contributed by atoms with Gasteiger partial charge in [0.15, 0.2) is 5.78 Å². The zero-order valence-electron chi connectivity index (χ0n) is 5.46. The summed E-state index contributed by atoms with van der Waals surface area (Å²) in [6.07, 6.45) is 3.13. The number of ketones is 1. The lowest BCUT2D eigenvalue weighted by molar-refractivity contribution is -0.163. The van der Waals surface area contributed by atoms with Crippen LogP contribution in [0.5, 0.6) is 0 Å². The molecule has 0 radical (unpaired) electrons. The van der Waals surface area contributed by atoms with E-state index in [1.807, 2.05) is 0 Å². The van der Waals surface area contributed by atoms with E-state index in [9.17, 15) is 4.79 Å². The molecule has 1 fully saturated rings. The zero-order valence-corrected chi connectivity index (χ0v) is 5.46. The number of nitrogens with zero attached hydrogens (tertiary/aromatic N) is 1. The number of piperidine rings is 1. The number of hydroxylamine groups is 3. The smallest absolute Gasteiger partial charge is 0.182 e. The van der Waals surface area contributed by atoms with Gasteiger partial charge in [-0.25, -0.2) is 10.5 Å². The Morgan fingerprint density at radius 3 is 3.40 bits per heavy atom. The van der Waals surface area contributed by atoms with E-state index in [2.05, 4.69) is 5.48 Å². The summed E-state index contributed by atoms with van der Waals surface area (Å²) < 4.78 is 0. The van der Waals surface area contributed by atoms with E-state index in [1.165, 1.54) is 0 Å². The van der Waals surface area contributed by atoms with Crippen LogP contribution in [0.25, 0.3) is 0 Å². The summed E-state index contributed by atoms with van der Waals surface area (Å²) in [5.74, 6) is 0.163. The molecule has 0 spiro atoms. The van der Waals surface area contributed by atoms with Gasteiger partial charge in [0, 0.05) is 13.0 Å². The molecule has 1 saturated heterocycles. The Kier molecular flexibility index (Phi) is 1.14. The molecule has 0 aliphatic carbocycles. The largest absolute Gasteiger partial charge is 0.292 e. The average molecular weight is 140 g/mol. The molecule has 0 aromatic rings. The van der Waals surface area contributed by atoms with Crippen molar-refractivity contribution in [2.75, 3.05) is 6.54 Å². The summed E-state index contributed by atoms with van der Waals surface area (Å²) in [6.45, 7) is 0.810. The molecule has 2 rings (SSSR count). The molecule has 0 amide bonds. The van der Waals surface area contributed by atoms with Gasteiger partial charge in [0.25, 0.3) is 0 Å². The number of fused-ring (bicyclic) bond motifs is 1. The van der Waals surface area contributed by atoms with E-state index >= 15 is 0 Å². The SMILES string of the molecule is O=C1CCCN2ONC=C12. The van der Waals surface area contributed by atoms with E-state index < -0.39 is 0 Å². The van der Waals surface area contributed by atoms with Gasteiger partial charge in [-0.3, -0.25) is 4.79 Å². The van der Waals surface area contributed by atoms with E-state index in [0.29, 0.717) is 12.1 Å². The number of rotatable bonds is 0. The number of nitrogens with one attached hydrogen (secondary N) is 1. The normalized spacial score (nSPS) is 23.8. The van der Waals surface area contributed by atoms with E-state index in [4.69, 9.17) is 4.94 Å². The van der Waals surface area contributed by atoms with Crippen LogP contribution in [0.15, 0.2) is 11.9 Å². The van der Waals surface area contributed by atoms with Gasteiger partial charge in [0.05, 0.1) is 6.20 Å². The average Bonchev–Trinajstić information content (AvgIpc) is 2.36. The molecular weight excluding hydrogens is 132 g/mol. The van der Waals surface area contributed by atoms with Crippen LogP contribution in [0.4, 0.5) is 0 Å². The van der Waals surface area contributed by atoms with Crippen molar-refractivity contribution in [3.8, 4) is 0 Å². The second kappa shape index (κ2) is 1.98. The van der Waals surface area contributed by atoms with E-state index in [0.717, 1.165) is 13.0 Å². The molecule has 1 N–H and O–H groups in total. The maximum absolute atomic E-state index is 11.0. The maximum atomic E-state index is 11.0. The Balaban J connectivity index is 2.22. The molecule has 0 aromatic carbocycles. The maximum Gasteiger partial charge on any atom is 0.182 e. The molecule has 0 saturated carbocycles. The molecule has 0 aromatic heterocycles. The summed E-state index contributed by atoms with van der Waals surface area (Å²) in [4.78, 5) is 15.9. The first-order chi connectivity index (χ1) is 4.88. The lowest BCUT2D eigenvalue weighted by atomic mass is 10.1. The fourth-order valence-corrected chi connectivity index (χ4v) is 1.16. The van der Waals surface area contributed by atoms with Crippen LogP contribution in [-0.2, 0) is 9.73 Å². The van der Waals surface area contributed by atoms with Gasteiger partial charge in [-0.15, -0.1) is 0 Å². The molecule has 2 aliphatic heterocycles. The second-order valence-corrected chi connectivity index (χ2v) is 2.37. The molecule has 2 aliphatic rings. The number of carbonyl (C=O) groups is 1. The summed E-state index contributed by atoms with van der Waals surface area (Å²) in [5, 5.41) is 1.59. The van der Waals surface area contributed by atoms with Crippen molar-refractivity contribution in [1.29, 1.82) is 0 Å². The van der Waals surface area contributed by atoms with Gasteiger partial charge >= 0.3 is 0 Å². The van der Waals surface area contributed by atoms with Gasteiger partial charge in [-0.1, -0.05) is 0 Å². The zero-order chi connectivity index (χ0) is 6.97. The van der Waals surface area contributed by atoms with Crippen LogP contribution in [0.1, 0.15) is 12.8 Å². The van der Waals surface area contributed by atoms with Crippen LogP contribution < -0.4 is 5.48 Å². The van der Waals surface area contributed by atoms with E-state index in [-0.39, 0.29) is 5.78 Å². The highest BCUT2D eigenvalue weighted by Crippen LogP contribution is 2.18. The molecule has 0 unspecified atom stereocenters. The molecular formula is C6H8N2O2. The minimum absolute atomic E-state index is 0.163. The van der Waals surface area contributed by atoms with Gasteiger partial charge in [-0.2, -0.15) is 4.94 Å². The van der Waals surface area contributed by atoms with Crippen molar-refractivity contribution >= 4 is 5.78 Å². The lowest BCUT2D eigenvalue weighted by Gasteiger charge is -2.21. The predicted molar refractivity (Wildman–Crippen MR) is 33.3 cm³/mol. The first kappa shape index (κ1) is 5.73. The quantitative estimate of drug-likeness (QED) is 0.512. The molecule has 4 heteroatoms. The highest BCUT2D eigenvalue weighted by molar-refractivity contribution is 5.95. The molecule has 0 atom stereocenters. The Morgan fingerprint density at radius 2 is 2.60 bits per heavy atom. The van der Waals surface area contributed by atoms with Crippen molar-refractivity contribution in [2.24, 2.45) is 0 Å². The van der Waals surface area contributed by atoms with Crippen LogP contribution >= 0.6 is 0 Å². The minimum Gasteiger partial charge on any atom is -0.292 e. The van der Waals surface area contributed by atoms with Gasteiger partial charge in [-0.05, 0) is 6.42 Å². The first-order valence-corrected chi connectivity index (χ1v) is 3.31.